The van der Waals surface area contributed by atoms with Gasteiger partial charge in [0.25, 0.3) is 5.91 Å². The molecule has 0 fully saturated rings. The van der Waals surface area contributed by atoms with E-state index in [4.69, 9.17) is 16.7 Å². The lowest BCUT2D eigenvalue weighted by Crippen LogP contribution is -2.38. The number of hydrogen-bond acceptors (Lipinski definition) is 3. The summed E-state index contributed by atoms with van der Waals surface area (Å²) in [5.74, 6) is -2.16. The first kappa shape index (κ1) is 17.0. The zero-order valence-electron chi connectivity index (χ0n) is 11.9. The molecule has 0 aliphatic heterocycles. The first-order valence-corrected chi connectivity index (χ1v) is 6.74. The van der Waals surface area contributed by atoms with E-state index in [0.29, 0.717) is 5.69 Å². The van der Waals surface area contributed by atoms with Crippen LogP contribution in [0.3, 0.4) is 0 Å². The number of carboxylic acid groups (broad SMARTS) is 1. The molecule has 0 radical (unpaired) electrons. The molecule has 21 heavy (non-hydrogen) atoms. The van der Waals surface area contributed by atoms with Crippen molar-refractivity contribution in [3.63, 3.8) is 0 Å². The average molecular weight is 313 g/mol. The van der Waals surface area contributed by atoms with Crippen LogP contribution in [0, 0.1) is 5.92 Å². The molecule has 0 unspecified atom stereocenters. The van der Waals surface area contributed by atoms with E-state index in [2.05, 4.69) is 10.6 Å². The van der Waals surface area contributed by atoms with Gasteiger partial charge in [0, 0.05) is 11.6 Å². The van der Waals surface area contributed by atoms with Gasteiger partial charge < -0.3 is 15.7 Å². The van der Waals surface area contributed by atoms with Gasteiger partial charge in [-0.3, -0.25) is 14.4 Å². The molecule has 6 nitrogen and oxygen atoms in total. The molecule has 114 valence electrons. The van der Waals surface area contributed by atoms with Crippen molar-refractivity contribution in [2.24, 2.45) is 5.92 Å². The van der Waals surface area contributed by atoms with E-state index in [1.807, 2.05) is 0 Å². The first-order chi connectivity index (χ1) is 9.72. The lowest BCUT2D eigenvalue weighted by Gasteiger charge is -2.12. The molecular weight excluding hydrogens is 296 g/mol. The van der Waals surface area contributed by atoms with Crippen LogP contribution >= 0.6 is 11.6 Å². The fraction of sp³-hybridized carbons (Fsp3) is 0.357. The van der Waals surface area contributed by atoms with E-state index in [0.717, 1.165) is 0 Å². The van der Waals surface area contributed by atoms with Crippen molar-refractivity contribution in [1.82, 2.24) is 5.32 Å². The molecule has 1 aromatic rings. The molecule has 3 N–H and O–H groups in total. The fourth-order valence-electron chi connectivity index (χ4n) is 1.40. The van der Waals surface area contributed by atoms with E-state index >= 15 is 0 Å². The Hall–Kier alpha value is -2.08. The highest BCUT2D eigenvalue weighted by molar-refractivity contribution is 6.34. The van der Waals surface area contributed by atoms with Gasteiger partial charge in [-0.1, -0.05) is 25.4 Å². The molecule has 2 amide bonds. The van der Waals surface area contributed by atoms with E-state index in [1.54, 1.807) is 19.9 Å². The van der Waals surface area contributed by atoms with Crippen LogP contribution in [0.15, 0.2) is 18.2 Å². The Morgan fingerprint density at radius 2 is 1.81 bits per heavy atom. The number of anilines is 1. The molecule has 0 spiro atoms. The summed E-state index contributed by atoms with van der Waals surface area (Å²) in [6, 6.07) is 3.41. The standard InChI is InChI=1S/C14H17ClN2O4/c1-7(2)12(18)17-9-4-5-11(15)10(6-9)13(19)16-8(3)14(20)21/h4-8H,1-3H3,(H,16,19)(H,17,18)(H,20,21)/t8-/m1/s1. The second kappa shape index (κ2) is 7.08. The SMILES string of the molecule is CC(C)C(=O)Nc1ccc(Cl)c(C(=O)N[C@H](C)C(=O)O)c1. The summed E-state index contributed by atoms with van der Waals surface area (Å²) in [4.78, 5) is 34.3. The lowest BCUT2D eigenvalue weighted by atomic mass is 10.1. The largest absolute Gasteiger partial charge is 0.480 e. The van der Waals surface area contributed by atoms with Gasteiger partial charge in [-0.25, -0.2) is 0 Å². The van der Waals surface area contributed by atoms with Crippen molar-refractivity contribution in [1.29, 1.82) is 0 Å². The molecule has 0 aliphatic carbocycles. The molecule has 1 rings (SSSR count). The zero-order chi connectivity index (χ0) is 16.2. The minimum Gasteiger partial charge on any atom is -0.480 e. The van der Waals surface area contributed by atoms with E-state index in [1.165, 1.54) is 19.1 Å². The Kier molecular flexibility index (Phi) is 5.72. The van der Waals surface area contributed by atoms with Crippen molar-refractivity contribution < 1.29 is 19.5 Å². The summed E-state index contributed by atoms with van der Waals surface area (Å²) >= 11 is 5.93. The monoisotopic (exact) mass is 312 g/mol. The number of rotatable bonds is 5. The Balaban J connectivity index is 2.94. The summed E-state index contributed by atoms with van der Waals surface area (Å²) < 4.78 is 0. The van der Waals surface area contributed by atoms with Gasteiger partial charge in [0.15, 0.2) is 0 Å². The molecule has 1 atom stereocenters. The van der Waals surface area contributed by atoms with Crippen LogP contribution in [0.5, 0.6) is 0 Å². The van der Waals surface area contributed by atoms with Crippen LogP contribution in [-0.2, 0) is 9.59 Å². The maximum Gasteiger partial charge on any atom is 0.325 e. The van der Waals surface area contributed by atoms with Crippen molar-refractivity contribution >= 4 is 35.1 Å². The second-order valence-corrected chi connectivity index (χ2v) is 5.28. The van der Waals surface area contributed by atoms with Crippen molar-refractivity contribution in [3.8, 4) is 0 Å². The number of halogens is 1. The molecule has 1 aromatic carbocycles. The van der Waals surface area contributed by atoms with Gasteiger partial charge >= 0.3 is 5.97 Å². The van der Waals surface area contributed by atoms with Crippen LogP contribution in [-0.4, -0.2) is 28.9 Å². The zero-order valence-corrected chi connectivity index (χ0v) is 12.7. The Bertz CT molecular complexity index is 572. The number of carbonyl (C=O) groups is 3. The third kappa shape index (κ3) is 4.75. The quantitative estimate of drug-likeness (QED) is 0.776. The summed E-state index contributed by atoms with van der Waals surface area (Å²) in [6.07, 6.45) is 0. The van der Waals surface area contributed by atoms with Gasteiger partial charge in [-0.2, -0.15) is 0 Å². The van der Waals surface area contributed by atoms with Gasteiger partial charge in [0.05, 0.1) is 10.6 Å². The van der Waals surface area contributed by atoms with Gasteiger partial charge in [-0.15, -0.1) is 0 Å². The third-order valence-corrected chi connectivity index (χ3v) is 3.05. The number of amides is 2. The molecule has 0 heterocycles. The minimum absolute atomic E-state index is 0.103. The van der Waals surface area contributed by atoms with Crippen LogP contribution in [0.4, 0.5) is 5.69 Å². The summed E-state index contributed by atoms with van der Waals surface area (Å²) in [7, 11) is 0. The van der Waals surface area contributed by atoms with Gasteiger partial charge in [0.2, 0.25) is 5.91 Å². The van der Waals surface area contributed by atoms with Crippen LogP contribution in [0.25, 0.3) is 0 Å². The predicted molar refractivity (Wildman–Crippen MR) is 79.5 cm³/mol. The second-order valence-electron chi connectivity index (χ2n) is 4.87. The number of benzene rings is 1. The highest BCUT2D eigenvalue weighted by atomic mass is 35.5. The number of carboxylic acids is 1. The predicted octanol–water partition coefficient (Wildman–Crippen LogP) is 2.14. The normalized spacial score (nSPS) is 11.9. The third-order valence-electron chi connectivity index (χ3n) is 2.72. The van der Waals surface area contributed by atoms with E-state index in [-0.39, 0.29) is 22.4 Å². The number of hydrogen-bond donors (Lipinski definition) is 3. The Morgan fingerprint density at radius 1 is 1.19 bits per heavy atom. The fourth-order valence-corrected chi connectivity index (χ4v) is 1.60. The Labute approximate surface area is 127 Å². The molecule has 0 aliphatic rings. The van der Waals surface area contributed by atoms with Crippen LogP contribution in [0.2, 0.25) is 5.02 Å². The van der Waals surface area contributed by atoms with Gasteiger partial charge in [0.1, 0.15) is 6.04 Å². The summed E-state index contributed by atoms with van der Waals surface area (Å²) in [5, 5.41) is 13.9. The van der Waals surface area contributed by atoms with Crippen molar-refractivity contribution in [3.05, 3.63) is 28.8 Å². The average Bonchev–Trinajstić information content (AvgIpc) is 2.40. The molecule has 0 bridgehead atoms. The van der Waals surface area contributed by atoms with Crippen LogP contribution < -0.4 is 10.6 Å². The van der Waals surface area contributed by atoms with Crippen molar-refractivity contribution in [2.45, 2.75) is 26.8 Å². The Morgan fingerprint density at radius 3 is 2.33 bits per heavy atom. The maximum absolute atomic E-state index is 12.0. The number of carbonyl (C=O) groups excluding carboxylic acids is 2. The highest BCUT2D eigenvalue weighted by Gasteiger charge is 2.18. The number of nitrogens with one attached hydrogen (secondary N) is 2. The molecule has 0 saturated carbocycles. The highest BCUT2D eigenvalue weighted by Crippen LogP contribution is 2.21. The van der Waals surface area contributed by atoms with E-state index in [9.17, 15) is 14.4 Å². The first-order valence-electron chi connectivity index (χ1n) is 6.36. The molecule has 0 aromatic heterocycles. The van der Waals surface area contributed by atoms with Gasteiger partial charge in [-0.05, 0) is 25.1 Å². The molecular formula is C14H17ClN2O4. The minimum atomic E-state index is -1.15. The molecule has 0 saturated heterocycles. The smallest absolute Gasteiger partial charge is 0.325 e. The van der Waals surface area contributed by atoms with E-state index < -0.39 is 17.9 Å². The van der Waals surface area contributed by atoms with Crippen molar-refractivity contribution in [2.75, 3.05) is 5.32 Å². The lowest BCUT2D eigenvalue weighted by molar-refractivity contribution is -0.138. The topological polar surface area (TPSA) is 95.5 Å². The summed E-state index contributed by atoms with van der Waals surface area (Å²) in [6.45, 7) is 4.83. The maximum atomic E-state index is 12.0. The number of aliphatic carboxylic acids is 1. The summed E-state index contributed by atoms with van der Waals surface area (Å²) in [5.41, 5.74) is 0.526. The van der Waals surface area contributed by atoms with Crippen LogP contribution in [0.1, 0.15) is 31.1 Å². The molecule has 7 heteroatoms.